The maximum atomic E-state index is 13.0. The Morgan fingerprint density at radius 1 is 1.11 bits per heavy atom. The molecule has 0 bridgehead atoms. The third kappa shape index (κ3) is 5.40. The van der Waals surface area contributed by atoms with Crippen molar-refractivity contribution in [3.63, 3.8) is 0 Å². The van der Waals surface area contributed by atoms with Gasteiger partial charge in [-0.3, -0.25) is 4.90 Å². The number of para-hydroxylation sites is 1. The van der Waals surface area contributed by atoms with Crippen molar-refractivity contribution in [2.45, 2.75) is 25.4 Å². The highest BCUT2D eigenvalue weighted by Gasteiger charge is 2.25. The fourth-order valence-electron chi connectivity index (χ4n) is 3.47. The SMILES string of the molecule is COc1ccccc1C(CNC(=S)NCc1ccc(F)cc1)N1CCCC1. The monoisotopic (exact) mass is 387 g/mol. The second-order valence-electron chi connectivity index (χ2n) is 6.69. The summed E-state index contributed by atoms with van der Waals surface area (Å²) in [6, 6.07) is 14.8. The first-order valence-corrected chi connectivity index (χ1v) is 9.71. The first-order chi connectivity index (χ1) is 13.2. The molecule has 1 atom stereocenters. The Labute approximate surface area is 165 Å². The van der Waals surface area contributed by atoms with Crippen molar-refractivity contribution in [3.05, 3.63) is 65.5 Å². The predicted octanol–water partition coefficient (Wildman–Crippen LogP) is 3.64. The molecule has 27 heavy (non-hydrogen) atoms. The molecule has 1 aliphatic heterocycles. The fraction of sp³-hybridized carbons (Fsp3) is 0.381. The van der Waals surface area contributed by atoms with E-state index in [2.05, 4.69) is 21.6 Å². The van der Waals surface area contributed by atoms with E-state index in [0.29, 0.717) is 18.2 Å². The maximum Gasteiger partial charge on any atom is 0.166 e. The number of hydrogen-bond donors (Lipinski definition) is 2. The lowest BCUT2D eigenvalue weighted by atomic mass is 10.0. The molecule has 1 aliphatic rings. The van der Waals surface area contributed by atoms with Gasteiger partial charge in [0.05, 0.1) is 13.2 Å². The molecule has 0 amide bonds. The van der Waals surface area contributed by atoms with Crippen LogP contribution in [0.2, 0.25) is 0 Å². The minimum absolute atomic E-state index is 0.203. The van der Waals surface area contributed by atoms with Gasteiger partial charge in [-0.2, -0.15) is 0 Å². The summed E-state index contributed by atoms with van der Waals surface area (Å²) in [7, 11) is 1.71. The van der Waals surface area contributed by atoms with Gasteiger partial charge < -0.3 is 15.4 Å². The molecule has 0 radical (unpaired) electrons. The van der Waals surface area contributed by atoms with Crippen molar-refractivity contribution in [1.29, 1.82) is 0 Å². The van der Waals surface area contributed by atoms with E-state index in [0.717, 1.165) is 24.4 Å². The van der Waals surface area contributed by atoms with E-state index < -0.39 is 0 Å². The van der Waals surface area contributed by atoms with Crippen molar-refractivity contribution in [1.82, 2.24) is 15.5 Å². The average molecular weight is 388 g/mol. The lowest BCUT2D eigenvalue weighted by Crippen LogP contribution is -2.41. The zero-order chi connectivity index (χ0) is 19.1. The van der Waals surface area contributed by atoms with Crippen LogP contribution < -0.4 is 15.4 Å². The quantitative estimate of drug-likeness (QED) is 0.710. The largest absolute Gasteiger partial charge is 0.496 e. The molecule has 1 fully saturated rings. The van der Waals surface area contributed by atoms with E-state index in [1.807, 2.05) is 18.2 Å². The van der Waals surface area contributed by atoms with Crippen LogP contribution in [0.15, 0.2) is 48.5 Å². The molecular formula is C21H26FN3OS. The maximum absolute atomic E-state index is 13.0. The van der Waals surface area contributed by atoms with E-state index >= 15 is 0 Å². The number of likely N-dealkylation sites (tertiary alicyclic amines) is 1. The normalized spacial score (nSPS) is 15.3. The lowest BCUT2D eigenvalue weighted by Gasteiger charge is -2.29. The molecule has 1 saturated heterocycles. The fourth-order valence-corrected chi connectivity index (χ4v) is 3.62. The molecule has 1 unspecified atom stereocenters. The molecule has 2 N–H and O–H groups in total. The summed E-state index contributed by atoms with van der Waals surface area (Å²) >= 11 is 5.44. The second kappa shape index (κ2) is 9.67. The third-order valence-corrected chi connectivity index (χ3v) is 5.19. The van der Waals surface area contributed by atoms with Gasteiger partial charge in [-0.15, -0.1) is 0 Å². The van der Waals surface area contributed by atoms with Crippen molar-refractivity contribution < 1.29 is 9.13 Å². The molecule has 4 nitrogen and oxygen atoms in total. The van der Waals surface area contributed by atoms with Crippen LogP contribution in [-0.4, -0.2) is 36.8 Å². The van der Waals surface area contributed by atoms with E-state index in [-0.39, 0.29) is 11.9 Å². The molecule has 6 heteroatoms. The summed E-state index contributed by atoms with van der Waals surface area (Å²) in [5.74, 6) is 0.672. The molecule has 1 heterocycles. The Morgan fingerprint density at radius 3 is 2.52 bits per heavy atom. The van der Waals surface area contributed by atoms with Crippen LogP contribution >= 0.6 is 12.2 Å². The topological polar surface area (TPSA) is 36.5 Å². The highest BCUT2D eigenvalue weighted by atomic mass is 32.1. The van der Waals surface area contributed by atoms with Gasteiger partial charge >= 0.3 is 0 Å². The van der Waals surface area contributed by atoms with E-state index in [1.54, 1.807) is 19.2 Å². The number of nitrogens with one attached hydrogen (secondary N) is 2. The highest BCUT2D eigenvalue weighted by molar-refractivity contribution is 7.80. The minimum atomic E-state index is -0.232. The van der Waals surface area contributed by atoms with Crippen LogP contribution in [0.25, 0.3) is 0 Å². The molecule has 3 rings (SSSR count). The number of ether oxygens (including phenoxy) is 1. The Hall–Kier alpha value is -2.18. The number of rotatable bonds is 7. The molecule has 0 saturated carbocycles. The third-order valence-electron chi connectivity index (χ3n) is 4.90. The van der Waals surface area contributed by atoms with Gasteiger partial charge in [-0.25, -0.2) is 4.39 Å². The summed E-state index contributed by atoms with van der Waals surface area (Å²) in [5.41, 5.74) is 2.16. The molecule has 2 aromatic carbocycles. The summed E-state index contributed by atoms with van der Waals surface area (Å²) < 4.78 is 18.6. The van der Waals surface area contributed by atoms with Gasteiger partial charge in [0, 0.05) is 18.7 Å². The predicted molar refractivity (Wildman–Crippen MR) is 110 cm³/mol. The van der Waals surface area contributed by atoms with E-state index in [4.69, 9.17) is 17.0 Å². The van der Waals surface area contributed by atoms with Crippen molar-refractivity contribution in [2.24, 2.45) is 0 Å². The Morgan fingerprint density at radius 2 is 1.81 bits per heavy atom. The van der Waals surface area contributed by atoms with Crippen molar-refractivity contribution in [2.75, 3.05) is 26.7 Å². The number of hydrogen-bond acceptors (Lipinski definition) is 3. The molecule has 2 aromatic rings. The van der Waals surface area contributed by atoms with Gasteiger partial charge in [0.25, 0.3) is 0 Å². The number of thiocarbonyl (C=S) groups is 1. The molecule has 0 aliphatic carbocycles. The first-order valence-electron chi connectivity index (χ1n) is 9.30. The van der Waals surface area contributed by atoms with Crippen LogP contribution in [0.4, 0.5) is 4.39 Å². The minimum Gasteiger partial charge on any atom is -0.496 e. The van der Waals surface area contributed by atoms with Crippen LogP contribution in [0.5, 0.6) is 5.75 Å². The smallest absolute Gasteiger partial charge is 0.166 e. The van der Waals surface area contributed by atoms with Crippen LogP contribution in [0.1, 0.15) is 30.0 Å². The van der Waals surface area contributed by atoms with Gasteiger partial charge in [-0.05, 0) is 61.9 Å². The Bertz CT molecular complexity index is 747. The number of methoxy groups -OCH3 is 1. The van der Waals surface area contributed by atoms with Gasteiger partial charge in [0.15, 0.2) is 5.11 Å². The average Bonchev–Trinajstić information content (AvgIpc) is 3.22. The zero-order valence-corrected chi connectivity index (χ0v) is 16.4. The summed E-state index contributed by atoms with van der Waals surface area (Å²) in [6.45, 7) is 3.44. The number of benzene rings is 2. The Kier molecular flexibility index (Phi) is 7.01. The Balaban J connectivity index is 1.60. The van der Waals surface area contributed by atoms with E-state index in [1.165, 1.54) is 30.5 Å². The van der Waals surface area contributed by atoms with Gasteiger partial charge in [0.1, 0.15) is 11.6 Å². The van der Waals surface area contributed by atoms with Crippen molar-refractivity contribution in [3.8, 4) is 5.75 Å². The van der Waals surface area contributed by atoms with Gasteiger partial charge in [-0.1, -0.05) is 30.3 Å². The van der Waals surface area contributed by atoms with Crippen LogP contribution in [0, 0.1) is 5.82 Å². The molecule has 0 aromatic heterocycles. The zero-order valence-electron chi connectivity index (χ0n) is 15.6. The van der Waals surface area contributed by atoms with Crippen molar-refractivity contribution >= 4 is 17.3 Å². The van der Waals surface area contributed by atoms with Crippen LogP contribution in [0.3, 0.4) is 0 Å². The summed E-state index contributed by atoms with van der Waals surface area (Å²) in [4.78, 5) is 2.48. The number of nitrogens with zero attached hydrogens (tertiary/aromatic N) is 1. The summed E-state index contributed by atoms with van der Waals surface area (Å²) in [5, 5.41) is 7.13. The van der Waals surface area contributed by atoms with Crippen LogP contribution in [-0.2, 0) is 6.54 Å². The standard InChI is InChI=1S/C21H26FN3OS/c1-26-20-7-3-2-6-18(20)19(25-12-4-5-13-25)15-24-21(27)23-14-16-8-10-17(22)11-9-16/h2-3,6-11,19H,4-5,12-15H2,1H3,(H2,23,24,27). The molecular weight excluding hydrogens is 361 g/mol. The van der Waals surface area contributed by atoms with E-state index in [9.17, 15) is 4.39 Å². The first kappa shape index (κ1) is 19.6. The molecule has 0 spiro atoms. The second-order valence-corrected chi connectivity index (χ2v) is 7.10. The highest BCUT2D eigenvalue weighted by Crippen LogP contribution is 2.31. The summed E-state index contributed by atoms with van der Waals surface area (Å²) in [6.07, 6.45) is 2.44. The number of halogens is 1. The molecule has 144 valence electrons. The lowest BCUT2D eigenvalue weighted by molar-refractivity contribution is 0.239. The van der Waals surface area contributed by atoms with Gasteiger partial charge in [0.2, 0.25) is 0 Å².